The molecular formula is C31H37Cl2N3O5S. The average Bonchev–Trinajstić information content (AvgIpc) is 2.97. The fourth-order valence-electron chi connectivity index (χ4n) is 4.47. The van der Waals surface area contributed by atoms with Gasteiger partial charge in [-0.1, -0.05) is 79.4 Å². The molecule has 8 nitrogen and oxygen atoms in total. The van der Waals surface area contributed by atoms with Gasteiger partial charge in [-0.25, -0.2) is 8.42 Å². The quantitative estimate of drug-likeness (QED) is 0.212. The minimum Gasteiger partial charge on any atom is -0.495 e. The van der Waals surface area contributed by atoms with Gasteiger partial charge in [0.1, 0.15) is 18.3 Å². The zero-order valence-corrected chi connectivity index (χ0v) is 26.6. The van der Waals surface area contributed by atoms with Crippen LogP contribution >= 0.6 is 23.2 Å². The van der Waals surface area contributed by atoms with Crippen LogP contribution in [0.5, 0.6) is 5.75 Å². The Morgan fingerprint density at radius 3 is 2.19 bits per heavy atom. The molecule has 0 aliphatic carbocycles. The van der Waals surface area contributed by atoms with Gasteiger partial charge in [0.15, 0.2) is 0 Å². The van der Waals surface area contributed by atoms with Crippen LogP contribution in [-0.2, 0) is 26.2 Å². The van der Waals surface area contributed by atoms with E-state index in [9.17, 15) is 18.0 Å². The third-order valence-electron chi connectivity index (χ3n) is 6.85. The Hall–Kier alpha value is -3.27. The van der Waals surface area contributed by atoms with Crippen molar-refractivity contribution in [2.75, 3.05) is 24.5 Å². The minimum atomic E-state index is -4.24. The van der Waals surface area contributed by atoms with Crippen LogP contribution in [0.3, 0.4) is 0 Å². The highest BCUT2D eigenvalue weighted by Gasteiger charge is 2.35. The van der Waals surface area contributed by atoms with Gasteiger partial charge < -0.3 is 15.0 Å². The van der Waals surface area contributed by atoms with Gasteiger partial charge in [-0.15, -0.1) is 0 Å². The number of para-hydroxylation sites is 2. The Morgan fingerprint density at radius 2 is 1.60 bits per heavy atom. The summed E-state index contributed by atoms with van der Waals surface area (Å²) >= 11 is 12.9. The number of carbonyl (C=O) groups is 2. The first-order chi connectivity index (χ1) is 20.0. The van der Waals surface area contributed by atoms with E-state index in [1.54, 1.807) is 61.5 Å². The number of aryl methyl sites for hydroxylation is 1. The summed E-state index contributed by atoms with van der Waals surface area (Å²) in [4.78, 5) is 28.9. The molecule has 226 valence electrons. The predicted octanol–water partition coefficient (Wildman–Crippen LogP) is 6.23. The summed E-state index contributed by atoms with van der Waals surface area (Å²) < 4.78 is 34.6. The number of carbonyl (C=O) groups excluding carboxylic acids is 2. The number of ether oxygens (including phenoxy) is 1. The topological polar surface area (TPSA) is 96.0 Å². The monoisotopic (exact) mass is 633 g/mol. The lowest BCUT2D eigenvalue weighted by Gasteiger charge is -2.33. The Balaban J connectivity index is 2.11. The van der Waals surface area contributed by atoms with Crippen molar-refractivity contribution in [3.63, 3.8) is 0 Å². The van der Waals surface area contributed by atoms with Crippen molar-refractivity contribution in [2.45, 2.75) is 57.5 Å². The number of benzene rings is 3. The maximum absolute atomic E-state index is 14.2. The van der Waals surface area contributed by atoms with Gasteiger partial charge in [-0.05, 0) is 56.2 Å². The lowest BCUT2D eigenvalue weighted by atomic mass is 10.1. The first-order valence-electron chi connectivity index (χ1n) is 13.8. The molecule has 0 aliphatic rings. The maximum atomic E-state index is 14.2. The van der Waals surface area contributed by atoms with E-state index in [1.165, 1.54) is 24.1 Å². The average molecular weight is 635 g/mol. The number of nitrogens with zero attached hydrogens (tertiary/aromatic N) is 2. The molecule has 0 fully saturated rings. The molecule has 2 amide bonds. The second kappa shape index (κ2) is 15.3. The van der Waals surface area contributed by atoms with Crippen molar-refractivity contribution < 1.29 is 22.7 Å². The largest absolute Gasteiger partial charge is 0.495 e. The van der Waals surface area contributed by atoms with Crippen molar-refractivity contribution >= 4 is 50.7 Å². The van der Waals surface area contributed by atoms with E-state index in [0.29, 0.717) is 22.2 Å². The van der Waals surface area contributed by atoms with Crippen LogP contribution in [0.25, 0.3) is 0 Å². The number of hydrogen-bond acceptors (Lipinski definition) is 5. The second-order valence-electron chi connectivity index (χ2n) is 9.79. The summed E-state index contributed by atoms with van der Waals surface area (Å²) in [6, 6.07) is 17.0. The third kappa shape index (κ3) is 7.96. The summed E-state index contributed by atoms with van der Waals surface area (Å²) in [5.41, 5.74) is 1.53. The number of hydrogen-bond donors (Lipinski definition) is 1. The van der Waals surface area contributed by atoms with E-state index >= 15 is 0 Å². The summed E-state index contributed by atoms with van der Waals surface area (Å²) in [5.74, 6) is -0.677. The van der Waals surface area contributed by atoms with Gasteiger partial charge in [-0.2, -0.15) is 0 Å². The van der Waals surface area contributed by atoms with Crippen LogP contribution in [-0.4, -0.2) is 51.4 Å². The molecule has 11 heteroatoms. The number of unbranched alkanes of at least 4 members (excludes halogenated alkanes) is 1. The molecule has 0 saturated carbocycles. The number of rotatable bonds is 14. The lowest BCUT2D eigenvalue weighted by molar-refractivity contribution is -0.140. The fraction of sp³-hybridized carbons (Fsp3) is 0.355. The van der Waals surface area contributed by atoms with Gasteiger partial charge in [0.25, 0.3) is 10.0 Å². The molecule has 0 bridgehead atoms. The van der Waals surface area contributed by atoms with Crippen LogP contribution in [0.4, 0.5) is 5.69 Å². The number of sulfonamides is 1. The Bertz CT molecular complexity index is 1460. The summed E-state index contributed by atoms with van der Waals surface area (Å²) in [7, 11) is -2.81. The standard InChI is InChI=1S/C31H37Cl2N3O5S/c1-5-7-19-34-31(38)27(6-2)35(20-24-25(32)11-10-12-26(24)33)30(37)21-36(28-13-8-9-14-29(28)41-4)42(39,40)23-17-15-22(3)16-18-23/h8-18,27H,5-7,19-21H2,1-4H3,(H,34,38). The van der Waals surface area contributed by atoms with Crippen molar-refractivity contribution in [1.29, 1.82) is 0 Å². The van der Waals surface area contributed by atoms with Crippen molar-refractivity contribution in [1.82, 2.24) is 10.2 Å². The first kappa shape index (κ1) is 33.2. The Labute approximate surface area is 258 Å². The SMILES string of the molecule is CCCCNC(=O)C(CC)N(Cc1c(Cl)cccc1Cl)C(=O)CN(c1ccccc1OC)S(=O)(=O)c1ccc(C)cc1. The number of amides is 2. The number of methoxy groups -OCH3 is 1. The highest BCUT2D eigenvalue weighted by Crippen LogP contribution is 2.33. The molecule has 3 aromatic rings. The van der Waals surface area contributed by atoms with E-state index in [-0.39, 0.29) is 35.2 Å². The Morgan fingerprint density at radius 1 is 0.952 bits per heavy atom. The van der Waals surface area contributed by atoms with Crippen LogP contribution < -0.4 is 14.4 Å². The molecule has 3 rings (SSSR count). The van der Waals surface area contributed by atoms with E-state index in [4.69, 9.17) is 27.9 Å². The highest BCUT2D eigenvalue weighted by atomic mass is 35.5. The van der Waals surface area contributed by atoms with E-state index in [2.05, 4.69) is 5.32 Å². The zero-order valence-electron chi connectivity index (χ0n) is 24.3. The molecule has 0 aromatic heterocycles. The maximum Gasteiger partial charge on any atom is 0.264 e. The lowest BCUT2D eigenvalue weighted by Crippen LogP contribution is -2.52. The molecule has 1 unspecified atom stereocenters. The number of anilines is 1. The molecule has 0 radical (unpaired) electrons. The number of halogens is 2. The highest BCUT2D eigenvalue weighted by molar-refractivity contribution is 7.92. The van der Waals surface area contributed by atoms with E-state index in [0.717, 1.165) is 22.7 Å². The number of nitrogens with one attached hydrogen (secondary N) is 1. The Kier molecular flexibility index (Phi) is 12.1. The second-order valence-corrected chi connectivity index (χ2v) is 12.5. The molecular weight excluding hydrogens is 597 g/mol. The van der Waals surface area contributed by atoms with Gasteiger partial charge in [0.2, 0.25) is 11.8 Å². The van der Waals surface area contributed by atoms with Crippen LogP contribution in [0.15, 0.2) is 71.6 Å². The van der Waals surface area contributed by atoms with Gasteiger partial charge >= 0.3 is 0 Å². The molecule has 0 spiro atoms. The van der Waals surface area contributed by atoms with Crippen molar-refractivity contribution in [2.24, 2.45) is 0 Å². The molecule has 1 atom stereocenters. The van der Waals surface area contributed by atoms with Crippen LogP contribution in [0.2, 0.25) is 10.0 Å². The third-order valence-corrected chi connectivity index (χ3v) is 9.33. The van der Waals surface area contributed by atoms with Crippen LogP contribution in [0.1, 0.15) is 44.2 Å². The van der Waals surface area contributed by atoms with E-state index < -0.39 is 28.5 Å². The zero-order chi connectivity index (χ0) is 30.9. The van der Waals surface area contributed by atoms with E-state index in [1.807, 2.05) is 13.8 Å². The molecule has 3 aromatic carbocycles. The molecule has 0 saturated heterocycles. The fourth-order valence-corrected chi connectivity index (χ4v) is 6.41. The molecule has 0 aliphatic heterocycles. The summed E-state index contributed by atoms with van der Waals surface area (Å²) in [5, 5.41) is 3.56. The summed E-state index contributed by atoms with van der Waals surface area (Å²) in [6.07, 6.45) is 1.95. The van der Waals surface area contributed by atoms with Crippen molar-refractivity contribution in [3.8, 4) is 5.75 Å². The molecule has 1 N–H and O–H groups in total. The molecule has 0 heterocycles. The smallest absolute Gasteiger partial charge is 0.264 e. The van der Waals surface area contributed by atoms with Crippen LogP contribution in [0, 0.1) is 6.92 Å². The first-order valence-corrected chi connectivity index (χ1v) is 16.0. The normalized spacial score (nSPS) is 12.0. The van der Waals surface area contributed by atoms with Gasteiger partial charge in [-0.3, -0.25) is 13.9 Å². The minimum absolute atomic E-state index is 0.0110. The predicted molar refractivity (Wildman–Crippen MR) is 168 cm³/mol. The molecule has 42 heavy (non-hydrogen) atoms. The van der Waals surface area contributed by atoms with Gasteiger partial charge in [0.05, 0.1) is 17.7 Å². The van der Waals surface area contributed by atoms with Crippen molar-refractivity contribution in [3.05, 3.63) is 87.9 Å². The summed E-state index contributed by atoms with van der Waals surface area (Å²) in [6.45, 7) is 5.42. The van der Waals surface area contributed by atoms with Gasteiger partial charge in [0, 0.05) is 28.7 Å².